The van der Waals surface area contributed by atoms with Gasteiger partial charge in [0.05, 0.1) is 31.1 Å². The predicted molar refractivity (Wildman–Crippen MR) is 86.8 cm³/mol. The number of amides is 1. The molecule has 3 nitrogen and oxygen atoms in total. The number of halogens is 1. The van der Waals surface area contributed by atoms with E-state index in [-0.39, 0.29) is 5.91 Å². The number of hydrogen-bond donors (Lipinski definition) is 1. The summed E-state index contributed by atoms with van der Waals surface area (Å²) >= 11 is 7.62. The minimum atomic E-state index is 0.159. The summed E-state index contributed by atoms with van der Waals surface area (Å²) in [5.74, 6) is 0.159. The first kappa shape index (κ1) is 14.6. The standard InChI is InChI=1S/C16H17ClN2OS/c1-12-4-5-13(17)11-14(12)18-6-8-19(9-7-18)16(20)15-3-2-10-21-15/h2-5,10-11H,6-9H2,1H3/p+1. The zero-order chi connectivity index (χ0) is 14.8. The molecule has 0 bridgehead atoms. The number of thiophene rings is 1. The first-order valence-electron chi connectivity index (χ1n) is 7.09. The van der Waals surface area contributed by atoms with E-state index < -0.39 is 0 Å². The highest BCUT2D eigenvalue weighted by atomic mass is 35.5. The summed E-state index contributed by atoms with van der Waals surface area (Å²) in [6, 6.07) is 9.86. The van der Waals surface area contributed by atoms with E-state index in [9.17, 15) is 4.79 Å². The van der Waals surface area contributed by atoms with Crippen LogP contribution >= 0.6 is 22.9 Å². The van der Waals surface area contributed by atoms with Gasteiger partial charge in [-0.25, -0.2) is 0 Å². The van der Waals surface area contributed by atoms with Gasteiger partial charge in [-0.15, -0.1) is 11.3 Å². The number of rotatable bonds is 2. The number of carbonyl (C=O) groups excluding carboxylic acids is 1. The largest absolute Gasteiger partial charge is 0.327 e. The molecule has 0 saturated carbocycles. The Morgan fingerprint density at radius 3 is 2.71 bits per heavy atom. The third-order valence-corrected chi connectivity index (χ3v) is 5.06. The zero-order valence-electron chi connectivity index (χ0n) is 11.9. The third kappa shape index (κ3) is 3.12. The average Bonchev–Trinajstić information content (AvgIpc) is 3.03. The number of aryl methyl sites for hydroxylation is 1. The lowest BCUT2D eigenvalue weighted by Crippen LogP contribution is -3.10. The minimum absolute atomic E-state index is 0.159. The van der Waals surface area contributed by atoms with Gasteiger partial charge in [0.15, 0.2) is 0 Å². The molecular formula is C16H18ClN2OS+. The highest BCUT2D eigenvalue weighted by molar-refractivity contribution is 7.12. The average molecular weight is 322 g/mol. The monoisotopic (exact) mass is 321 g/mol. The zero-order valence-corrected chi connectivity index (χ0v) is 13.5. The summed E-state index contributed by atoms with van der Waals surface area (Å²) < 4.78 is 0. The molecule has 5 heteroatoms. The lowest BCUT2D eigenvalue weighted by molar-refractivity contribution is -0.837. The Hall–Kier alpha value is -1.36. The Balaban J connectivity index is 1.68. The van der Waals surface area contributed by atoms with Crippen molar-refractivity contribution in [2.45, 2.75) is 6.92 Å². The van der Waals surface area contributed by atoms with Crippen LogP contribution in [0.4, 0.5) is 5.69 Å². The molecule has 3 rings (SSSR count). The van der Waals surface area contributed by atoms with E-state index in [0.717, 1.165) is 36.1 Å². The Morgan fingerprint density at radius 2 is 2.05 bits per heavy atom. The number of carbonyl (C=O) groups is 1. The van der Waals surface area contributed by atoms with Gasteiger partial charge in [-0.3, -0.25) is 9.69 Å². The molecule has 1 aromatic carbocycles. The van der Waals surface area contributed by atoms with Crippen LogP contribution in [0.2, 0.25) is 5.02 Å². The normalized spacial score (nSPS) is 16.2. The second-order valence-electron chi connectivity index (χ2n) is 5.33. The summed E-state index contributed by atoms with van der Waals surface area (Å²) in [6.07, 6.45) is 0. The van der Waals surface area contributed by atoms with E-state index in [0.29, 0.717) is 0 Å². The molecule has 1 N–H and O–H groups in total. The highest BCUT2D eigenvalue weighted by Crippen LogP contribution is 2.17. The first-order chi connectivity index (χ1) is 10.1. The molecule has 0 atom stereocenters. The number of benzene rings is 1. The molecule has 0 spiro atoms. The van der Waals surface area contributed by atoms with Crippen molar-refractivity contribution < 1.29 is 9.69 Å². The third-order valence-electron chi connectivity index (χ3n) is 3.97. The van der Waals surface area contributed by atoms with Crippen molar-refractivity contribution in [2.75, 3.05) is 26.2 Å². The molecule has 21 heavy (non-hydrogen) atoms. The molecule has 1 aromatic heterocycles. The van der Waals surface area contributed by atoms with Gasteiger partial charge >= 0.3 is 0 Å². The van der Waals surface area contributed by atoms with E-state index in [1.54, 1.807) is 0 Å². The lowest BCUT2D eigenvalue weighted by atomic mass is 10.1. The molecule has 1 amide bonds. The van der Waals surface area contributed by atoms with Crippen molar-refractivity contribution >= 4 is 34.5 Å². The minimum Gasteiger partial charge on any atom is -0.327 e. The van der Waals surface area contributed by atoms with Crippen molar-refractivity contribution in [3.63, 3.8) is 0 Å². The van der Waals surface area contributed by atoms with Gasteiger partial charge in [0.25, 0.3) is 5.91 Å². The van der Waals surface area contributed by atoms with Gasteiger partial charge in [0, 0.05) is 16.7 Å². The maximum absolute atomic E-state index is 12.3. The Morgan fingerprint density at radius 1 is 1.29 bits per heavy atom. The summed E-state index contributed by atoms with van der Waals surface area (Å²) in [5.41, 5.74) is 2.51. The van der Waals surface area contributed by atoms with Crippen molar-refractivity contribution in [3.8, 4) is 0 Å². The van der Waals surface area contributed by atoms with Crippen LogP contribution < -0.4 is 4.90 Å². The van der Waals surface area contributed by atoms with E-state index in [4.69, 9.17) is 11.6 Å². The maximum Gasteiger partial charge on any atom is 0.264 e. The van der Waals surface area contributed by atoms with Crippen LogP contribution in [0, 0.1) is 6.92 Å². The smallest absolute Gasteiger partial charge is 0.264 e. The van der Waals surface area contributed by atoms with Crippen LogP contribution in [0.25, 0.3) is 0 Å². The van der Waals surface area contributed by atoms with Gasteiger partial charge in [-0.2, -0.15) is 0 Å². The Labute approximate surface area is 133 Å². The Kier molecular flexibility index (Phi) is 4.29. The number of hydrogen-bond acceptors (Lipinski definition) is 2. The van der Waals surface area contributed by atoms with Crippen LogP contribution in [-0.4, -0.2) is 37.0 Å². The van der Waals surface area contributed by atoms with Gasteiger partial charge in [0.1, 0.15) is 5.69 Å². The SMILES string of the molecule is Cc1ccc(Cl)cc1[NH+]1CCN(C(=O)c2cccs2)CC1. The number of nitrogens with one attached hydrogen (secondary N) is 1. The summed E-state index contributed by atoms with van der Waals surface area (Å²) in [7, 11) is 0. The molecule has 2 aromatic rings. The molecular weight excluding hydrogens is 304 g/mol. The molecule has 1 fully saturated rings. The van der Waals surface area contributed by atoms with Gasteiger partial charge in [-0.05, 0) is 24.4 Å². The van der Waals surface area contributed by atoms with Crippen molar-refractivity contribution in [1.29, 1.82) is 0 Å². The molecule has 0 radical (unpaired) electrons. The molecule has 0 unspecified atom stereocenters. The second-order valence-corrected chi connectivity index (χ2v) is 6.72. The fourth-order valence-corrected chi connectivity index (χ4v) is 3.64. The van der Waals surface area contributed by atoms with E-state index in [1.165, 1.54) is 27.5 Å². The lowest BCUT2D eigenvalue weighted by Gasteiger charge is -2.32. The highest BCUT2D eigenvalue weighted by Gasteiger charge is 2.26. The predicted octanol–water partition coefficient (Wildman–Crippen LogP) is 2.38. The quantitative estimate of drug-likeness (QED) is 0.902. The fraction of sp³-hybridized carbons (Fsp3) is 0.312. The molecule has 0 aliphatic carbocycles. The molecule has 110 valence electrons. The van der Waals surface area contributed by atoms with E-state index in [2.05, 4.69) is 13.0 Å². The summed E-state index contributed by atoms with van der Waals surface area (Å²) in [4.78, 5) is 16.5. The molecule has 2 heterocycles. The van der Waals surface area contributed by atoms with Crippen LogP contribution in [0.5, 0.6) is 0 Å². The second kappa shape index (κ2) is 6.18. The van der Waals surface area contributed by atoms with Crippen LogP contribution in [0.15, 0.2) is 35.7 Å². The van der Waals surface area contributed by atoms with Crippen LogP contribution in [0.3, 0.4) is 0 Å². The molecule has 1 saturated heterocycles. The van der Waals surface area contributed by atoms with Crippen LogP contribution in [-0.2, 0) is 0 Å². The first-order valence-corrected chi connectivity index (χ1v) is 8.35. The molecule has 1 aliphatic rings. The summed E-state index contributed by atoms with van der Waals surface area (Å²) in [5, 5.41) is 2.73. The van der Waals surface area contributed by atoms with E-state index in [1.807, 2.05) is 34.5 Å². The summed E-state index contributed by atoms with van der Waals surface area (Å²) in [6.45, 7) is 5.55. The maximum atomic E-state index is 12.3. The number of piperazine rings is 1. The fourth-order valence-electron chi connectivity index (χ4n) is 2.78. The van der Waals surface area contributed by atoms with Crippen molar-refractivity contribution in [3.05, 3.63) is 51.2 Å². The van der Waals surface area contributed by atoms with Crippen molar-refractivity contribution in [2.24, 2.45) is 0 Å². The number of nitrogens with zero attached hydrogens (tertiary/aromatic N) is 1. The van der Waals surface area contributed by atoms with E-state index >= 15 is 0 Å². The van der Waals surface area contributed by atoms with Crippen molar-refractivity contribution in [1.82, 2.24) is 4.90 Å². The van der Waals surface area contributed by atoms with Crippen LogP contribution in [0.1, 0.15) is 15.2 Å². The van der Waals surface area contributed by atoms with Gasteiger partial charge in [-0.1, -0.05) is 23.7 Å². The molecule has 1 aliphatic heterocycles. The van der Waals surface area contributed by atoms with Gasteiger partial charge < -0.3 is 4.90 Å². The Bertz CT molecular complexity index is 634. The number of quaternary nitrogens is 1. The van der Waals surface area contributed by atoms with Gasteiger partial charge in [0.2, 0.25) is 0 Å². The topological polar surface area (TPSA) is 24.8 Å².